The fourth-order valence-electron chi connectivity index (χ4n) is 6.61. The van der Waals surface area contributed by atoms with E-state index < -0.39 is 0 Å². The minimum Gasteiger partial charge on any atom is -0.250 e. The molecule has 51 heavy (non-hydrogen) atoms. The van der Waals surface area contributed by atoms with E-state index in [1.54, 1.807) is 0 Å². The smallest absolute Gasteiger partial charge is 0.160 e. The van der Waals surface area contributed by atoms with Gasteiger partial charge in [-0.15, -0.1) is 0 Å². The van der Waals surface area contributed by atoms with E-state index in [1.165, 1.54) is 5.56 Å². The fourth-order valence-corrected chi connectivity index (χ4v) is 6.61. The van der Waals surface area contributed by atoms with Gasteiger partial charge in [0, 0.05) is 33.5 Å². The first-order chi connectivity index (χ1) is 25.2. The number of hydrogen-bond donors (Lipinski definition) is 0. The molecule has 0 fully saturated rings. The van der Waals surface area contributed by atoms with Crippen LogP contribution in [0.1, 0.15) is 5.69 Å². The van der Waals surface area contributed by atoms with E-state index in [1.807, 2.05) is 55.5 Å². The third kappa shape index (κ3) is 5.88. The van der Waals surface area contributed by atoms with Crippen LogP contribution >= 0.6 is 0 Å². The Hall–Kier alpha value is -6.96. The lowest BCUT2D eigenvalue weighted by molar-refractivity contribution is 1.18. The number of aryl methyl sites for hydroxylation is 1. The highest BCUT2D eigenvalue weighted by Gasteiger charge is 2.15. The van der Waals surface area contributed by atoms with Crippen LogP contribution in [0.2, 0.25) is 0 Å². The summed E-state index contributed by atoms with van der Waals surface area (Å²) in [5, 5.41) is 1.77. The Morgan fingerprint density at radius 3 is 1.67 bits per heavy atom. The Kier molecular flexibility index (Phi) is 7.57. The summed E-state index contributed by atoms with van der Waals surface area (Å²) in [4.78, 5) is 20.2. The van der Waals surface area contributed by atoms with E-state index >= 15 is 0 Å². The molecule has 0 N–H and O–H groups in total. The summed E-state index contributed by atoms with van der Waals surface area (Å²) in [6.45, 7) is 2.03. The molecule has 0 saturated carbocycles. The van der Waals surface area contributed by atoms with Crippen molar-refractivity contribution in [1.29, 1.82) is 0 Å². The molecule has 4 nitrogen and oxygen atoms in total. The van der Waals surface area contributed by atoms with Gasteiger partial charge in [-0.05, 0) is 53.9 Å². The molecule has 4 heteroatoms. The van der Waals surface area contributed by atoms with E-state index in [0.717, 1.165) is 83.5 Å². The van der Waals surface area contributed by atoms with Crippen molar-refractivity contribution in [3.05, 3.63) is 182 Å². The van der Waals surface area contributed by atoms with Gasteiger partial charge in [-0.1, -0.05) is 146 Å². The molecule has 9 aromatic rings. The van der Waals surface area contributed by atoms with Crippen LogP contribution in [0.15, 0.2) is 164 Å². The van der Waals surface area contributed by atoms with Gasteiger partial charge in [0.2, 0.25) is 0 Å². The summed E-state index contributed by atoms with van der Waals surface area (Å²) in [6, 6.07) is 63.0. The van der Waals surface area contributed by atoms with Crippen molar-refractivity contribution in [1.82, 2.24) is 19.9 Å². The van der Waals surface area contributed by atoms with Crippen molar-refractivity contribution in [2.45, 2.75) is 6.92 Å². The standard InChI is InChI=1S/C47H30N4/c1-31-28-41(40-26-24-36-25-27-42(34-14-7-3-8-15-34)49-45(36)46(40)48-31)38-18-11-19-39(29-38)44-30-43(50-47(51-44)37-16-9-4-10-17-37)35-22-20-33(21-23-35)32-12-5-2-6-13-32/h2-23,25,27-30H,1H3. The van der Waals surface area contributed by atoms with Gasteiger partial charge in [0.15, 0.2) is 5.82 Å². The summed E-state index contributed by atoms with van der Waals surface area (Å²) < 4.78 is 0. The van der Waals surface area contributed by atoms with Crippen LogP contribution in [0, 0.1) is 19.1 Å². The molecule has 0 unspecified atom stereocenters. The quantitative estimate of drug-likeness (QED) is 0.180. The minimum atomic E-state index is 0.681. The van der Waals surface area contributed by atoms with Gasteiger partial charge >= 0.3 is 0 Å². The number of hydrogen-bond acceptors (Lipinski definition) is 4. The molecule has 238 valence electrons. The molecule has 0 bridgehead atoms. The average Bonchev–Trinajstić information content (AvgIpc) is 3.21. The van der Waals surface area contributed by atoms with Gasteiger partial charge in [-0.25, -0.2) is 15.0 Å². The van der Waals surface area contributed by atoms with Crippen molar-refractivity contribution >= 4 is 21.8 Å². The van der Waals surface area contributed by atoms with Crippen molar-refractivity contribution in [2.24, 2.45) is 0 Å². The third-order valence-electron chi connectivity index (χ3n) is 9.17. The molecule has 0 aliphatic carbocycles. The van der Waals surface area contributed by atoms with Crippen LogP contribution in [0.25, 0.3) is 89.2 Å². The Balaban J connectivity index is 1.16. The van der Waals surface area contributed by atoms with Gasteiger partial charge in [-0.2, -0.15) is 0 Å². The highest BCUT2D eigenvalue weighted by Crippen LogP contribution is 2.35. The average molecular weight is 651 g/mol. The van der Waals surface area contributed by atoms with Crippen molar-refractivity contribution in [3.8, 4) is 67.4 Å². The van der Waals surface area contributed by atoms with Crippen molar-refractivity contribution < 1.29 is 0 Å². The maximum atomic E-state index is 5.11. The summed E-state index contributed by atoms with van der Waals surface area (Å²) in [5.41, 5.74) is 13.6. The molecule has 0 atom stereocenters. The van der Waals surface area contributed by atoms with Crippen LogP contribution < -0.4 is 0 Å². The fraction of sp³-hybridized carbons (Fsp3) is 0.0213. The maximum Gasteiger partial charge on any atom is 0.160 e. The Morgan fingerprint density at radius 2 is 0.941 bits per heavy atom. The van der Waals surface area contributed by atoms with E-state index in [9.17, 15) is 0 Å². The summed E-state index contributed by atoms with van der Waals surface area (Å²) in [6.07, 6.45) is 0. The SMILES string of the molecule is Cc1cc(-c2cccc(-c3cc(-c4ccc(-c5ccccc5)cc4)nc(-c4ccccc4)n3)c2)c2c#cc3ccc(-c4ccccc4)nc3c2n1. The molecule has 3 heterocycles. The zero-order valence-corrected chi connectivity index (χ0v) is 27.9. The molecular formula is C47H30N4. The highest BCUT2D eigenvalue weighted by molar-refractivity contribution is 6.07. The first-order valence-electron chi connectivity index (χ1n) is 17.0. The molecule has 0 spiro atoms. The molecule has 0 amide bonds. The van der Waals surface area contributed by atoms with E-state index in [4.69, 9.17) is 19.9 Å². The summed E-state index contributed by atoms with van der Waals surface area (Å²) in [5.74, 6) is 0.681. The minimum absolute atomic E-state index is 0.681. The molecule has 0 radical (unpaired) electrons. The zero-order valence-electron chi connectivity index (χ0n) is 27.9. The topological polar surface area (TPSA) is 51.6 Å². The van der Waals surface area contributed by atoms with Crippen LogP contribution in [-0.2, 0) is 0 Å². The van der Waals surface area contributed by atoms with E-state index in [-0.39, 0.29) is 0 Å². The molecule has 6 aromatic carbocycles. The van der Waals surface area contributed by atoms with E-state index in [2.05, 4.69) is 127 Å². The third-order valence-corrected chi connectivity index (χ3v) is 9.17. The molecule has 9 rings (SSSR count). The van der Waals surface area contributed by atoms with Crippen molar-refractivity contribution in [2.75, 3.05) is 0 Å². The number of benzene rings is 5. The number of aromatic nitrogens is 4. The van der Waals surface area contributed by atoms with Gasteiger partial charge in [-0.3, -0.25) is 4.98 Å². The highest BCUT2D eigenvalue weighted by atomic mass is 14.9. The molecule has 0 aliphatic rings. The van der Waals surface area contributed by atoms with E-state index in [0.29, 0.717) is 5.82 Å². The maximum absolute atomic E-state index is 5.11. The predicted octanol–water partition coefficient (Wildman–Crippen LogP) is 11.5. The second kappa shape index (κ2) is 12.8. The van der Waals surface area contributed by atoms with Crippen LogP contribution in [-0.4, -0.2) is 19.9 Å². The lowest BCUT2D eigenvalue weighted by atomic mass is 9.97. The van der Waals surface area contributed by atoms with Gasteiger partial charge in [0.05, 0.1) is 27.9 Å². The monoisotopic (exact) mass is 650 g/mol. The molecule has 3 aromatic heterocycles. The molecule has 0 saturated heterocycles. The second-order valence-electron chi connectivity index (χ2n) is 12.6. The van der Waals surface area contributed by atoms with Gasteiger partial charge in [0.25, 0.3) is 0 Å². The second-order valence-corrected chi connectivity index (χ2v) is 12.6. The first kappa shape index (κ1) is 30.1. The Bertz CT molecular complexity index is 2670. The lowest BCUT2D eigenvalue weighted by Crippen LogP contribution is -1.96. The molecule has 0 aliphatic heterocycles. The first-order valence-corrected chi connectivity index (χ1v) is 17.0. The Morgan fingerprint density at radius 1 is 0.373 bits per heavy atom. The predicted molar refractivity (Wildman–Crippen MR) is 208 cm³/mol. The largest absolute Gasteiger partial charge is 0.250 e. The number of pyridine rings is 2. The zero-order chi connectivity index (χ0) is 34.1. The Labute approximate surface area is 296 Å². The number of fused-ring (bicyclic) bond motifs is 3. The van der Waals surface area contributed by atoms with Gasteiger partial charge < -0.3 is 0 Å². The molecular weight excluding hydrogens is 621 g/mol. The van der Waals surface area contributed by atoms with Crippen LogP contribution in [0.4, 0.5) is 0 Å². The normalized spacial score (nSPS) is 11.1. The summed E-state index contributed by atoms with van der Waals surface area (Å²) in [7, 11) is 0. The van der Waals surface area contributed by atoms with Crippen LogP contribution in [0.3, 0.4) is 0 Å². The lowest BCUT2D eigenvalue weighted by Gasteiger charge is -2.12. The number of nitrogens with zero attached hydrogens (tertiary/aromatic N) is 4. The summed E-state index contributed by atoms with van der Waals surface area (Å²) >= 11 is 0. The van der Waals surface area contributed by atoms with Crippen molar-refractivity contribution in [3.63, 3.8) is 0 Å². The number of rotatable bonds is 6. The van der Waals surface area contributed by atoms with Crippen LogP contribution in [0.5, 0.6) is 0 Å². The van der Waals surface area contributed by atoms with Gasteiger partial charge in [0.1, 0.15) is 11.0 Å².